The van der Waals surface area contributed by atoms with Gasteiger partial charge in [-0.15, -0.1) is 0 Å². The third kappa shape index (κ3) is 3.94. The number of hydrogen-bond donors (Lipinski definition) is 2. The maximum atomic E-state index is 15.8. The van der Waals surface area contributed by atoms with Crippen molar-refractivity contribution in [3.05, 3.63) is 87.0 Å². The molecule has 3 aliphatic heterocycles. The molecule has 2 aromatic carbocycles. The van der Waals surface area contributed by atoms with Crippen LogP contribution in [-0.4, -0.2) is 52.4 Å². The lowest BCUT2D eigenvalue weighted by atomic mass is 9.85. The molecule has 1 unspecified atom stereocenters. The third-order valence-corrected chi connectivity index (χ3v) is 10.1. The Balaban J connectivity index is 1.71. The number of halogens is 3. The van der Waals surface area contributed by atoms with E-state index in [2.05, 4.69) is 9.48 Å². The Kier molecular flexibility index (Phi) is 6.19. The molecule has 0 bridgehead atoms. The van der Waals surface area contributed by atoms with E-state index in [-0.39, 0.29) is 27.3 Å². The number of hydrogen-bond acceptors (Lipinski definition) is 3. The largest absolute Gasteiger partial charge is 0.478 e. The summed E-state index contributed by atoms with van der Waals surface area (Å²) in [4.78, 5) is 25.9. The fraction of sp³-hybridized carbons (Fsp3) is 0.310. The van der Waals surface area contributed by atoms with Gasteiger partial charge in [0.2, 0.25) is 5.71 Å². The molecule has 0 aromatic heterocycles. The molecule has 6 nitrogen and oxygen atoms in total. The van der Waals surface area contributed by atoms with Gasteiger partial charge in [-0.25, -0.2) is 22.5 Å². The van der Waals surface area contributed by atoms with Gasteiger partial charge in [-0.3, -0.25) is 4.57 Å². The first-order valence-electron chi connectivity index (χ1n) is 13.0. The van der Waals surface area contributed by atoms with Crippen molar-refractivity contribution in [1.82, 2.24) is 0 Å². The maximum absolute atomic E-state index is 15.8. The van der Waals surface area contributed by atoms with Crippen molar-refractivity contribution in [2.45, 2.75) is 32.6 Å². The van der Waals surface area contributed by atoms with Crippen molar-refractivity contribution in [1.29, 1.82) is 0 Å². The van der Waals surface area contributed by atoms with Crippen LogP contribution in [0, 0.1) is 24.4 Å². The number of fused-ring (bicyclic) bond motifs is 2. The predicted molar refractivity (Wildman–Crippen MR) is 143 cm³/mol. The van der Waals surface area contributed by atoms with Crippen LogP contribution in [0.5, 0.6) is 0 Å². The molecular weight excluding hydrogens is 528 g/mol. The van der Waals surface area contributed by atoms with E-state index in [4.69, 9.17) is 0 Å². The van der Waals surface area contributed by atoms with Gasteiger partial charge in [-0.2, -0.15) is 0 Å². The summed E-state index contributed by atoms with van der Waals surface area (Å²) in [6.07, 6.45) is 8.81. The summed E-state index contributed by atoms with van der Waals surface area (Å²) in [5.74, 6) is -6.31. The highest BCUT2D eigenvalue weighted by molar-refractivity contribution is 7.71. The van der Waals surface area contributed by atoms with Crippen molar-refractivity contribution >= 4 is 35.6 Å². The molecular formula is C29H27F3N2O4P+. The molecule has 2 fully saturated rings. The Morgan fingerprint density at radius 3 is 2.36 bits per heavy atom. The fourth-order valence-corrected chi connectivity index (χ4v) is 7.97. The second kappa shape index (κ2) is 9.35. The molecule has 4 aliphatic rings. The van der Waals surface area contributed by atoms with Crippen molar-refractivity contribution < 1.29 is 37.1 Å². The van der Waals surface area contributed by atoms with Crippen LogP contribution in [-0.2, 0) is 4.57 Å². The zero-order valence-electron chi connectivity index (χ0n) is 21.3. The van der Waals surface area contributed by atoms with E-state index >= 15 is 8.78 Å². The molecule has 2 saturated heterocycles. The van der Waals surface area contributed by atoms with E-state index < -0.39 is 47.5 Å². The highest BCUT2D eigenvalue weighted by Crippen LogP contribution is 2.60. The molecule has 202 valence electrons. The number of carboxylic acids is 1. The molecule has 3 heterocycles. The van der Waals surface area contributed by atoms with Gasteiger partial charge in [0.15, 0.2) is 11.6 Å². The second-order valence-electron chi connectivity index (χ2n) is 10.4. The van der Waals surface area contributed by atoms with E-state index in [1.54, 1.807) is 36.4 Å². The maximum Gasteiger partial charge on any atom is 0.339 e. The van der Waals surface area contributed by atoms with E-state index in [1.807, 2.05) is 0 Å². The molecule has 1 atom stereocenters. The summed E-state index contributed by atoms with van der Waals surface area (Å²) in [6.45, 7) is 4.15. The molecule has 0 amide bonds. The van der Waals surface area contributed by atoms with Crippen LogP contribution in [0.3, 0.4) is 0 Å². The number of rotatable bonds is 3. The summed E-state index contributed by atoms with van der Waals surface area (Å²) in [7, 11) is -4.26. The van der Waals surface area contributed by atoms with Gasteiger partial charge in [0.1, 0.15) is 24.5 Å². The van der Waals surface area contributed by atoms with Gasteiger partial charge < -0.3 is 14.9 Å². The summed E-state index contributed by atoms with van der Waals surface area (Å²) in [6, 6.07) is 4.89. The number of benzene rings is 2. The lowest BCUT2D eigenvalue weighted by Crippen LogP contribution is -2.26. The van der Waals surface area contributed by atoms with Crippen LogP contribution in [0.25, 0.3) is 5.57 Å². The minimum atomic E-state index is -4.26. The normalized spacial score (nSPS) is 22.4. The number of carboxylic acid groups (broad SMARTS) is 1. The number of aromatic carboxylic acids is 1. The number of nitrogens with zero attached hydrogens (tertiary/aromatic N) is 2. The van der Waals surface area contributed by atoms with Crippen LogP contribution >= 0.6 is 7.37 Å². The Morgan fingerprint density at radius 2 is 1.69 bits per heavy atom. The van der Waals surface area contributed by atoms with Gasteiger partial charge in [0, 0.05) is 60.5 Å². The molecule has 6 rings (SSSR count). The average Bonchev–Trinajstić information content (AvgIpc) is 3.65. The molecule has 2 N–H and O–H groups in total. The summed E-state index contributed by atoms with van der Waals surface area (Å²) in [5, 5.41) is 9.93. The quantitative estimate of drug-likeness (QED) is 0.312. The smallest absolute Gasteiger partial charge is 0.339 e. The van der Waals surface area contributed by atoms with Gasteiger partial charge >= 0.3 is 5.97 Å². The standard InChI is InChI=1S/C29H26F3N2O4P/c1-16-26(30)24(25(29(35)36)28(32)27(16)31)23-19-8-6-17(33-10-2-3-11-33)14-21(19)39(37,38)22-15-18(7-9-20(22)23)34-12-4-5-13-34/h6-9,14-15H,2-5,10-13H2,1H3,(H-,35,36,37,38)/p+1. The van der Waals surface area contributed by atoms with E-state index in [9.17, 15) is 23.7 Å². The van der Waals surface area contributed by atoms with Gasteiger partial charge in [-0.1, -0.05) is 6.07 Å². The monoisotopic (exact) mass is 555 g/mol. The lowest BCUT2D eigenvalue weighted by Gasteiger charge is -2.32. The van der Waals surface area contributed by atoms with Crippen LogP contribution in [0.1, 0.15) is 52.7 Å². The highest BCUT2D eigenvalue weighted by atomic mass is 31.2. The predicted octanol–water partition coefficient (Wildman–Crippen LogP) is 5.12. The Bertz CT molecular complexity index is 1630. The minimum Gasteiger partial charge on any atom is -0.478 e. The molecule has 1 aliphatic carbocycles. The van der Waals surface area contributed by atoms with E-state index in [1.165, 1.54) is 0 Å². The average molecular weight is 556 g/mol. The first-order chi connectivity index (χ1) is 18.6. The Hall–Kier alpha value is -3.42. The van der Waals surface area contributed by atoms with Gasteiger partial charge in [0.05, 0.1) is 10.6 Å². The number of carbonyl (C=O) groups is 1. The van der Waals surface area contributed by atoms with Crippen LogP contribution in [0.15, 0.2) is 47.3 Å². The number of allylic oxidation sites excluding steroid dienone is 5. The van der Waals surface area contributed by atoms with Crippen LogP contribution < -0.4 is 10.2 Å². The number of anilines is 1. The molecule has 0 radical (unpaired) electrons. The lowest BCUT2D eigenvalue weighted by molar-refractivity contribution is -0.504. The first kappa shape index (κ1) is 25.8. The first-order valence-corrected chi connectivity index (χ1v) is 14.7. The van der Waals surface area contributed by atoms with Gasteiger partial charge in [-0.05, 0) is 49.1 Å². The fourth-order valence-electron chi connectivity index (χ4n) is 6.07. The van der Waals surface area contributed by atoms with Crippen LogP contribution in [0.4, 0.5) is 18.9 Å². The van der Waals surface area contributed by atoms with Gasteiger partial charge in [0.25, 0.3) is 7.37 Å². The molecule has 10 heteroatoms. The highest BCUT2D eigenvalue weighted by Gasteiger charge is 2.43. The molecule has 39 heavy (non-hydrogen) atoms. The molecule has 2 aromatic rings. The van der Waals surface area contributed by atoms with E-state index in [0.717, 1.165) is 70.2 Å². The van der Waals surface area contributed by atoms with Crippen molar-refractivity contribution in [3.8, 4) is 0 Å². The Morgan fingerprint density at radius 1 is 1.00 bits per heavy atom. The minimum absolute atomic E-state index is 0.0195. The summed E-state index contributed by atoms with van der Waals surface area (Å²) >= 11 is 0. The molecule has 0 saturated carbocycles. The van der Waals surface area contributed by atoms with Crippen molar-refractivity contribution in [2.75, 3.05) is 31.1 Å². The summed E-state index contributed by atoms with van der Waals surface area (Å²) in [5.41, 5.74) is -0.803. The molecule has 0 spiro atoms. The zero-order valence-corrected chi connectivity index (χ0v) is 22.2. The van der Waals surface area contributed by atoms with Crippen molar-refractivity contribution in [3.63, 3.8) is 0 Å². The SMILES string of the molecule is Cc1c(F)c(F)c(C(=O)O)c(C2=C3C=CC(=[N+]4CCCC4)C=C3P(=O)(O)c3cc(N4CCCC4)ccc32)c1F. The topological polar surface area (TPSA) is 80.8 Å². The summed E-state index contributed by atoms with van der Waals surface area (Å²) < 4.78 is 61.8. The Labute approximate surface area is 223 Å². The van der Waals surface area contributed by atoms with Crippen LogP contribution in [0.2, 0.25) is 0 Å². The third-order valence-electron chi connectivity index (χ3n) is 8.10. The zero-order chi connectivity index (χ0) is 27.6. The van der Waals surface area contributed by atoms with Crippen molar-refractivity contribution in [2.24, 2.45) is 0 Å². The second-order valence-corrected chi connectivity index (χ2v) is 12.5. The van der Waals surface area contributed by atoms with E-state index in [0.29, 0.717) is 0 Å².